The van der Waals surface area contributed by atoms with Crippen LogP contribution in [0.5, 0.6) is 0 Å². The van der Waals surface area contributed by atoms with Crippen LogP contribution in [0.15, 0.2) is 84.2 Å². The summed E-state index contributed by atoms with van der Waals surface area (Å²) >= 11 is 0. The molecule has 0 bridgehead atoms. The zero-order valence-corrected chi connectivity index (χ0v) is 22.5. The van der Waals surface area contributed by atoms with E-state index in [0.29, 0.717) is 17.8 Å². The number of imidazole rings is 1. The molecule has 2 aromatic carbocycles. The lowest BCUT2D eigenvalue weighted by atomic mass is 9.75. The molecule has 1 aromatic heterocycles. The minimum Gasteiger partial charge on any atom is -0.300 e. The second-order valence-electron chi connectivity index (χ2n) is 11.0. The Hall–Kier alpha value is -2.94. The van der Waals surface area contributed by atoms with Crippen molar-refractivity contribution >= 4 is 5.70 Å². The number of aromatic nitrogens is 2. The van der Waals surface area contributed by atoms with Gasteiger partial charge in [0.2, 0.25) is 0 Å². The Bertz CT molecular complexity index is 1210. The summed E-state index contributed by atoms with van der Waals surface area (Å²) in [6.07, 6.45) is 19.4. The summed E-state index contributed by atoms with van der Waals surface area (Å²) in [6, 6.07) is 17.9. The van der Waals surface area contributed by atoms with Crippen molar-refractivity contribution in [2.24, 2.45) is 11.8 Å². The summed E-state index contributed by atoms with van der Waals surface area (Å²) in [5.41, 5.74) is 6.96. The molecule has 0 saturated heterocycles. The van der Waals surface area contributed by atoms with E-state index in [-0.39, 0.29) is 5.82 Å². The van der Waals surface area contributed by atoms with Crippen LogP contribution in [-0.2, 0) is 0 Å². The third-order valence-electron chi connectivity index (χ3n) is 8.25. The number of hydrogen-bond donors (Lipinski definition) is 0. The normalized spacial score (nSPS) is 20.6. The van der Waals surface area contributed by atoms with E-state index in [2.05, 4.69) is 61.0 Å². The maximum absolute atomic E-state index is 13.7. The molecule has 0 N–H and O–H groups in total. The first kappa shape index (κ1) is 25.7. The number of halogens is 1. The van der Waals surface area contributed by atoms with Crippen molar-refractivity contribution in [3.8, 4) is 11.4 Å². The van der Waals surface area contributed by atoms with Crippen LogP contribution < -0.4 is 0 Å². The van der Waals surface area contributed by atoms with E-state index in [1.165, 1.54) is 74.6 Å². The van der Waals surface area contributed by atoms with Crippen LogP contribution in [0, 0.1) is 17.7 Å². The van der Waals surface area contributed by atoms with E-state index in [1.807, 2.05) is 18.3 Å². The molecule has 3 heteroatoms. The lowest BCUT2D eigenvalue weighted by Crippen LogP contribution is -2.20. The number of nitrogens with zero attached hydrogens (tertiary/aromatic N) is 2. The fraction of sp³-hybridized carbons (Fsp3) is 0.441. The Morgan fingerprint density at radius 3 is 2.11 bits per heavy atom. The van der Waals surface area contributed by atoms with Gasteiger partial charge in [0.05, 0.1) is 0 Å². The Kier molecular flexibility index (Phi) is 8.38. The first-order valence-corrected chi connectivity index (χ1v) is 14.5. The van der Waals surface area contributed by atoms with Crippen LogP contribution >= 0.6 is 0 Å². The van der Waals surface area contributed by atoms with E-state index in [4.69, 9.17) is 4.98 Å². The molecule has 2 nitrogen and oxygen atoms in total. The quantitative estimate of drug-likeness (QED) is 0.344. The Morgan fingerprint density at radius 1 is 0.838 bits per heavy atom. The number of hydrogen-bond acceptors (Lipinski definition) is 1. The molecule has 1 heterocycles. The molecule has 37 heavy (non-hydrogen) atoms. The second-order valence-corrected chi connectivity index (χ2v) is 11.0. The van der Waals surface area contributed by atoms with E-state index < -0.39 is 0 Å². The largest absolute Gasteiger partial charge is 0.300 e. The van der Waals surface area contributed by atoms with Gasteiger partial charge in [0.1, 0.15) is 11.6 Å². The Morgan fingerprint density at radius 2 is 1.46 bits per heavy atom. The van der Waals surface area contributed by atoms with Crippen molar-refractivity contribution in [1.29, 1.82) is 0 Å². The monoisotopic (exact) mass is 496 g/mol. The molecule has 2 saturated carbocycles. The molecule has 3 aliphatic carbocycles. The van der Waals surface area contributed by atoms with Gasteiger partial charge in [-0.2, -0.15) is 0 Å². The van der Waals surface area contributed by atoms with Gasteiger partial charge in [-0.3, -0.25) is 4.57 Å². The number of benzene rings is 2. The summed E-state index contributed by atoms with van der Waals surface area (Å²) in [6.45, 7) is 4.25. The van der Waals surface area contributed by atoms with Gasteiger partial charge in [-0.05, 0) is 84.9 Å². The van der Waals surface area contributed by atoms with Gasteiger partial charge >= 0.3 is 0 Å². The SMILES string of the molecule is CCC.Fc1ccc(-c2nccn2C2=C(C3CCCC3)CC(c3ccccc3)C=C2C2CCCC2)cc1. The smallest absolute Gasteiger partial charge is 0.144 e. The highest BCUT2D eigenvalue weighted by Gasteiger charge is 2.34. The summed E-state index contributed by atoms with van der Waals surface area (Å²) in [5.74, 6) is 2.42. The molecule has 6 rings (SSSR count). The first-order chi connectivity index (χ1) is 18.2. The molecule has 3 aromatic rings. The van der Waals surface area contributed by atoms with E-state index in [1.54, 1.807) is 17.7 Å². The fourth-order valence-corrected chi connectivity index (χ4v) is 6.58. The number of rotatable bonds is 5. The van der Waals surface area contributed by atoms with Crippen LogP contribution in [0.4, 0.5) is 4.39 Å². The van der Waals surface area contributed by atoms with Crippen molar-refractivity contribution in [1.82, 2.24) is 9.55 Å². The van der Waals surface area contributed by atoms with Crippen molar-refractivity contribution in [2.75, 3.05) is 0 Å². The van der Waals surface area contributed by atoms with Gasteiger partial charge in [-0.25, -0.2) is 9.37 Å². The molecular weight excluding hydrogens is 455 g/mol. The molecule has 0 radical (unpaired) electrons. The predicted octanol–water partition coefficient (Wildman–Crippen LogP) is 9.81. The molecule has 1 unspecified atom stereocenters. The molecule has 0 spiro atoms. The van der Waals surface area contributed by atoms with E-state index in [0.717, 1.165) is 17.8 Å². The van der Waals surface area contributed by atoms with Gasteiger partial charge < -0.3 is 0 Å². The van der Waals surface area contributed by atoms with Crippen molar-refractivity contribution in [3.63, 3.8) is 0 Å². The highest BCUT2D eigenvalue weighted by molar-refractivity contribution is 5.76. The fourth-order valence-electron chi connectivity index (χ4n) is 6.58. The van der Waals surface area contributed by atoms with Crippen molar-refractivity contribution in [3.05, 3.63) is 95.6 Å². The minimum atomic E-state index is -0.206. The van der Waals surface area contributed by atoms with Crippen LogP contribution in [0.25, 0.3) is 17.1 Å². The molecule has 194 valence electrons. The zero-order chi connectivity index (χ0) is 25.6. The van der Waals surface area contributed by atoms with Crippen LogP contribution in [0.3, 0.4) is 0 Å². The van der Waals surface area contributed by atoms with Gasteiger partial charge in [-0.15, -0.1) is 0 Å². The standard InChI is InChI=1S/C31H33FN2.C3H8/c32-27-16-14-25(15-17-27)31-33-18-19-34(31)30-28(23-10-4-5-11-23)20-26(22-8-2-1-3-9-22)21-29(30)24-12-6-7-13-24;1-3-2/h1-3,8-9,14-20,23-24,26H,4-7,10-13,21H2;3H2,1-2H3. The third kappa shape index (κ3) is 5.66. The van der Waals surface area contributed by atoms with Crippen LogP contribution in [-0.4, -0.2) is 9.55 Å². The molecule has 0 aliphatic heterocycles. The highest BCUT2D eigenvalue weighted by Crippen LogP contribution is 2.49. The second kappa shape index (κ2) is 12.1. The number of allylic oxidation sites excluding steroid dienone is 4. The molecule has 0 amide bonds. The average Bonchev–Trinajstić information content (AvgIpc) is 3.72. The highest BCUT2D eigenvalue weighted by atomic mass is 19.1. The van der Waals surface area contributed by atoms with Gasteiger partial charge in [0.25, 0.3) is 0 Å². The molecule has 1 atom stereocenters. The van der Waals surface area contributed by atoms with Crippen molar-refractivity contribution < 1.29 is 4.39 Å². The summed E-state index contributed by atoms with van der Waals surface area (Å²) in [5, 5.41) is 0. The van der Waals surface area contributed by atoms with Crippen LogP contribution in [0.1, 0.15) is 89.5 Å². The summed E-state index contributed by atoms with van der Waals surface area (Å²) < 4.78 is 16.0. The Balaban J connectivity index is 0.000000892. The maximum Gasteiger partial charge on any atom is 0.144 e. The van der Waals surface area contributed by atoms with E-state index >= 15 is 0 Å². The van der Waals surface area contributed by atoms with Gasteiger partial charge in [0, 0.05) is 29.6 Å². The lowest BCUT2D eigenvalue weighted by molar-refractivity contribution is 0.570. The average molecular weight is 497 g/mol. The third-order valence-corrected chi connectivity index (χ3v) is 8.25. The van der Waals surface area contributed by atoms with Crippen molar-refractivity contribution in [2.45, 2.75) is 84.0 Å². The minimum absolute atomic E-state index is 0.206. The topological polar surface area (TPSA) is 17.8 Å². The lowest BCUT2D eigenvalue weighted by Gasteiger charge is -2.34. The molecular formula is C34H41FN2. The summed E-state index contributed by atoms with van der Waals surface area (Å²) in [7, 11) is 0. The van der Waals surface area contributed by atoms with E-state index in [9.17, 15) is 4.39 Å². The Labute approximate surface area is 222 Å². The predicted molar refractivity (Wildman–Crippen MR) is 153 cm³/mol. The van der Waals surface area contributed by atoms with Crippen LogP contribution in [0.2, 0.25) is 0 Å². The summed E-state index contributed by atoms with van der Waals surface area (Å²) in [4.78, 5) is 4.77. The molecule has 2 fully saturated rings. The maximum atomic E-state index is 13.7. The van der Waals surface area contributed by atoms with Gasteiger partial charge in [-0.1, -0.05) is 82.4 Å². The first-order valence-electron chi connectivity index (χ1n) is 14.5. The zero-order valence-electron chi connectivity index (χ0n) is 22.5. The van der Waals surface area contributed by atoms with Gasteiger partial charge in [0.15, 0.2) is 0 Å². The molecule has 3 aliphatic rings.